The SMILES string of the molecule is CCC1(COCCOc2ccc3cc(OC(=O)c4ccc(C(=O)OC5CCC6(C)C(=CCC7C6CCC6(C)C(C(C)CCCC(C)C)CCC76)C5)cc4)ccc3c2)COC1. The molecule has 7 heteroatoms. The number of esters is 2. The van der Waals surface area contributed by atoms with Crippen LogP contribution in [0.15, 0.2) is 72.3 Å². The first-order valence-corrected chi connectivity index (χ1v) is 23.4. The third-order valence-electron chi connectivity index (χ3n) is 16.4. The lowest BCUT2D eigenvalue weighted by atomic mass is 9.47. The van der Waals surface area contributed by atoms with Crippen molar-refractivity contribution in [1.82, 2.24) is 0 Å². The highest BCUT2D eigenvalue weighted by atomic mass is 16.5. The molecule has 0 spiro atoms. The Morgan fingerprint density at radius 1 is 0.800 bits per heavy atom. The molecule has 1 saturated heterocycles. The van der Waals surface area contributed by atoms with Crippen LogP contribution in [-0.2, 0) is 14.2 Å². The van der Waals surface area contributed by atoms with Gasteiger partial charge in [0, 0.05) is 11.8 Å². The second-order valence-corrected chi connectivity index (χ2v) is 20.4. The summed E-state index contributed by atoms with van der Waals surface area (Å²) in [7, 11) is 0. The number of carbonyl (C=O) groups excluding carboxylic acids is 2. The van der Waals surface area contributed by atoms with E-state index in [-0.39, 0.29) is 22.9 Å². The van der Waals surface area contributed by atoms with Crippen molar-refractivity contribution in [3.63, 3.8) is 0 Å². The topological polar surface area (TPSA) is 80.3 Å². The van der Waals surface area contributed by atoms with E-state index in [2.05, 4.69) is 47.6 Å². The Morgan fingerprint density at radius 3 is 2.22 bits per heavy atom. The first kappa shape index (κ1) is 43.0. The van der Waals surface area contributed by atoms with Crippen LogP contribution in [0.4, 0.5) is 0 Å². The third-order valence-corrected chi connectivity index (χ3v) is 16.4. The van der Waals surface area contributed by atoms with Crippen molar-refractivity contribution in [3.8, 4) is 11.5 Å². The van der Waals surface area contributed by atoms with Gasteiger partial charge in [0.15, 0.2) is 0 Å². The van der Waals surface area contributed by atoms with Gasteiger partial charge in [-0.3, -0.25) is 0 Å². The van der Waals surface area contributed by atoms with E-state index in [4.69, 9.17) is 23.7 Å². The highest BCUT2D eigenvalue weighted by molar-refractivity contribution is 5.95. The first-order chi connectivity index (χ1) is 28.9. The van der Waals surface area contributed by atoms with Gasteiger partial charge in [0.2, 0.25) is 0 Å². The zero-order valence-corrected chi connectivity index (χ0v) is 37.3. The molecule has 4 aliphatic carbocycles. The highest BCUT2D eigenvalue weighted by Gasteiger charge is 2.59. The van der Waals surface area contributed by atoms with Gasteiger partial charge in [0.25, 0.3) is 0 Å². The predicted octanol–water partition coefficient (Wildman–Crippen LogP) is 12.4. The second kappa shape index (κ2) is 18.0. The summed E-state index contributed by atoms with van der Waals surface area (Å²) in [6, 6.07) is 18.0. The molecule has 8 atom stereocenters. The van der Waals surface area contributed by atoms with E-state index in [1.165, 1.54) is 56.9 Å². The average Bonchev–Trinajstić information content (AvgIpc) is 3.59. The van der Waals surface area contributed by atoms with Crippen molar-refractivity contribution in [2.45, 2.75) is 125 Å². The maximum atomic E-state index is 13.4. The van der Waals surface area contributed by atoms with Gasteiger partial charge in [-0.05, 0) is 157 Å². The van der Waals surface area contributed by atoms with Gasteiger partial charge in [-0.25, -0.2) is 9.59 Å². The predicted molar refractivity (Wildman–Crippen MR) is 237 cm³/mol. The molecule has 8 rings (SSSR count). The van der Waals surface area contributed by atoms with Crippen LogP contribution in [0.1, 0.15) is 139 Å². The van der Waals surface area contributed by atoms with Gasteiger partial charge in [0.05, 0.1) is 37.6 Å². The van der Waals surface area contributed by atoms with Crippen molar-refractivity contribution in [2.24, 2.45) is 51.8 Å². The second-order valence-electron chi connectivity index (χ2n) is 20.4. The number of hydrogen-bond acceptors (Lipinski definition) is 7. The van der Waals surface area contributed by atoms with E-state index in [1.54, 1.807) is 30.3 Å². The van der Waals surface area contributed by atoms with Gasteiger partial charge in [-0.1, -0.05) is 84.6 Å². The number of benzene rings is 3. The van der Waals surface area contributed by atoms with Crippen LogP contribution in [-0.4, -0.2) is 51.1 Å². The maximum absolute atomic E-state index is 13.4. The molecule has 0 N–H and O–H groups in total. The lowest BCUT2D eigenvalue weighted by Gasteiger charge is -2.58. The Hall–Kier alpha value is -3.68. The standard InChI is InChI=1S/C53H70O7/c1-7-53(33-57-34-53)32-56-27-28-58-42-18-15-40-30-43(19-16-39(40)29-42)59-49(54)37-11-13-38(14-12-37)50(55)60-44-23-25-51(5)41(31-44)17-20-45-47-22-21-46(36(4)10-8-9-35(2)3)52(47,6)26-24-48(45)51/h11-19,29-30,35-36,44-48H,7-10,20-28,31-34H2,1-6H3. The third kappa shape index (κ3) is 8.82. The molecular weight excluding hydrogens is 749 g/mol. The van der Waals surface area contributed by atoms with Crippen molar-refractivity contribution >= 4 is 22.7 Å². The van der Waals surface area contributed by atoms with E-state index in [0.717, 1.165) is 90.9 Å². The van der Waals surface area contributed by atoms with Gasteiger partial charge in [-0.15, -0.1) is 0 Å². The summed E-state index contributed by atoms with van der Waals surface area (Å²) in [6.07, 6.45) is 17.1. The molecule has 0 amide bonds. The lowest BCUT2D eigenvalue weighted by molar-refractivity contribution is -0.151. The minimum absolute atomic E-state index is 0.120. The molecule has 7 nitrogen and oxygen atoms in total. The van der Waals surface area contributed by atoms with Crippen LogP contribution in [0.3, 0.4) is 0 Å². The van der Waals surface area contributed by atoms with Crippen molar-refractivity contribution in [1.29, 1.82) is 0 Å². The van der Waals surface area contributed by atoms with Crippen LogP contribution in [0.5, 0.6) is 11.5 Å². The summed E-state index contributed by atoms with van der Waals surface area (Å²) in [5.41, 5.74) is 3.21. The lowest BCUT2D eigenvalue weighted by Crippen LogP contribution is -2.51. The normalized spacial score (nSPS) is 29.7. The average molecular weight is 819 g/mol. The molecule has 8 unspecified atom stereocenters. The number of carbonyl (C=O) groups is 2. The van der Waals surface area contributed by atoms with Gasteiger partial charge >= 0.3 is 11.9 Å². The summed E-state index contributed by atoms with van der Waals surface area (Å²) in [6.45, 7) is 17.9. The summed E-state index contributed by atoms with van der Waals surface area (Å²) in [5, 5.41) is 1.92. The molecule has 324 valence electrons. The molecule has 3 aromatic carbocycles. The molecule has 0 aromatic heterocycles. The van der Waals surface area contributed by atoms with Crippen LogP contribution >= 0.6 is 0 Å². The van der Waals surface area contributed by atoms with Gasteiger partial charge in [-0.2, -0.15) is 0 Å². The quantitative estimate of drug-likeness (QED) is 0.0616. The Morgan fingerprint density at radius 2 is 1.52 bits per heavy atom. The monoisotopic (exact) mass is 819 g/mol. The van der Waals surface area contributed by atoms with Crippen LogP contribution in [0.2, 0.25) is 0 Å². The van der Waals surface area contributed by atoms with E-state index >= 15 is 0 Å². The zero-order chi connectivity index (χ0) is 42.1. The van der Waals surface area contributed by atoms with E-state index in [1.807, 2.05) is 30.3 Å². The molecule has 3 aromatic rings. The molecule has 60 heavy (non-hydrogen) atoms. The molecule has 1 aliphatic heterocycles. The molecule has 3 saturated carbocycles. The fraction of sp³-hybridized carbons (Fsp3) is 0.623. The molecule has 0 bridgehead atoms. The van der Waals surface area contributed by atoms with Gasteiger partial charge in [0.1, 0.15) is 24.2 Å². The highest BCUT2D eigenvalue weighted by Crippen LogP contribution is 2.67. The van der Waals surface area contributed by atoms with Crippen LogP contribution in [0, 0.1) is 51.8 Å². The largest absolute Gasteiger partial charge is 0.491 e. The Kier molecular flexibility index (Phi) is 12.9. The van der Waals surface area contributed by atoms with Crippen LogP contribution < -0.4 is 9.47 Å². The number of allylic oxidation sites excluding steroid dienone is 1. The number of rotatable bonds is 16. The van der Waals surface area contributed by atoms with E-state index in [9.17, 15) is 9.59 Å². The smallest absolute Gasteiger partial charge is 0.343 e. The molecular formula is C53H70O7. The molecule has 0 radical (unpaired) electrons. The fourth-order valence-corrected chi connectivity index (χ4v) is 12.5. The Bertz CT molecular complexity index is 2010. The molecule has 5 aliphatic rings. The first-order valence-electron chi connectivity index (χ1n) is 23.4. The minimum atomic E-state index is -0.478. The molecule has 4 fully saturated rings. The minimum Gasteiger partial charge on any atom is -0.491 e. The maximum Gasteiger partial charge on any atom is 0.343 e. The van der Waals surface area contributed by atoms with E-state index in [0.29, 0.717) is 42.1 Å². The summed E-state index contributed by atoms with van der Waals surface area (Å²) < 4.78 is 29.1. The number of fused-ring (bicyclic) bond motifs is 6. The molecule has 1 heterocycles. The Balaban J connectivity index is 0.810. The van der Waals surface area contributed by atoms with Crippen molar-refractivity contribution in [3.05, 3.63) is 83.4 Å². The Labute approximate surface area is 359 Å². The van der Waals surface area contributed by atoms with Crippen molar-refractivity contribution < 1.29 is 33.3 Å². The summed E-state index contributed by atoms with van der Waals surface area (Å²) >= 11 is 0. The number of hydrogen-bond donors (Lipinski definition) is 0. The summed E-state index contributed by atoms with van der Waals surface area (Å²) in [5.74, 6) is 5.26. The summed E-state index contributed by atoms with van der Waals surface area (Å²) in [4.78, 5) is 26.6. The van der Waals surface area contributed by atoms with Crippen molar-refractivity contribution in [2.75, 3.05) is 33.0 Å². The fourth-order valence-electron chi connectivity index (χ4n) is 12.5. The van der Waals surface area contributed by atoms with Crippen LogP contribution in [0.25, 0.3) is 10.8 Å². The van der Waals surface area contributed by atoms with E-state index < -0.39 is 5.97 Å². The number of ether oxygens (including phenoxy) is 5. The van der Waals surface area contributed by atoms with Gasteiger partial charge < -0.3 is 23.7 Å². The zero-order valence-electron chi connectivity index (χ0n) is 37.3.